The summed E-state index contributed by atoms with van der Waals surface area (Å²) in [5.41, 5.74) is 2.23. The van der Waals surface area contributed by atoms with Crippen molar-refractivity contribution in [3.63, 3.8) is 0 Å². The van der Waals surface area contributed by atoms with Gasteiger partial charge in [-0.1, -0.05) is 148 Å². The Bertz CT molecular complexity index is 1160. The maximum atomic E-state index is 12.9. The van der Waals surface area contributed by atoms with Gasteiger partial charge < -0.3 is 9.53 Å². The second kappa shape index (κ2) is 9.94. The third-order valence-corrected chi connectivity index (χ3v) is 13.3. The lowest BCUT2D eigenvalue weighted by Gasteiger charge is -2.45. The molecule has 0 spiro atoms. The smallest absolute Gasteiger partial charge is 0.230 e. The Morgan fingerprint density at radius 1 is 0.657 bits per heavy atom. The summed E-state index contributed by atoms with van der Waals surface area (Å²) in [6.07, 6.45) is 1.75. The summed E-state index contributed by atoms with van der Waals surface area (Å²) >= 11 is 0. The van der Waals surface area contributed by atoms with Crippen molar-refractivity contribution >= 4 is 13.5 Å². The van der Waals surface area contributed by atoms with E-state index >= 15 is 0 Å². The van der Waals surface area contributed by atoms with E-state index in [0.29, 0.717) is 11.1 Å². The summed E-state index contributed by atoms with van der Waals surface area (Å²) in [5, 5.41) is 14.2. The number of aliphatic hydroxyl groups is 1. The SMILES string of the molecule is C[C@@H]1CC[C@H](C)[Si]1(O[C@H](c1ccccc1)C(O)(c1ccccc1)c1ccccc1)c1ccccc1. The highest BCUT2D eigenvalue weighted by atomic mass is 28.4. The fraction of sp³-hybridized carbons (Fsp3) is 0.250. The van der Waals surface area contributed by atoms with Crippen molar-refractivity contribution in [3.05, 3.63) is 138 Å². The van der Waals surface area contributed by atoms with E-state index in [0.717, 1.165) is 29.5 Å². The molecule has 2 nitrogen and oxygen atoms in total. The molecule has 1 heterocycles. The van der Waals surface area contributed by atoms with Crippen molar-refractivity contribution in [2.45, 2.75) is 49.5 Å². The molecule has 0 amide bonds. The standard InChI is InChI=1S/C32H34O2Si/c1-25-23-24-26(2)35(25,30-21-13-6-14-22-30)34-31(27-15-7-3-8-16-27)32(33,28-17-9-4-10-18-28)29-19-11-5-12-20-29/h3-22,25-26,31,33H,23-24H2,1-2H3/t25-,26+,31-,35?/m1/s1. The molecule has 1 unspecified atom stereocenters. The van der Waals surface area contributed by atoms with Crippen molar-refractivity contribution in [1.82, 2.24) is 0 Å². The summed E-state index contributed by atoms with van der Waals surface area (Å²) in [4.78, 5) is 0. The van der Waals surface area contributed by atoms with Crippen molar-refractivity contribution in [2.24, 2.45) is 0 Å². The molecule has 1 aliphatic rings. The molecule has 1 aliphatic heterocycles. The first-order valence-electron chi connectivity index (χ1n) is 12.7. The number of hydrogen-bond donors (Lipinski definition) is 1. The van der Waals surface area contributed by atoms with Crippen LogP contribution in [0.5, 0.6) is 0 Å². The molecule has 1 saturated heterocycles. The zero-order valence-corrected chi connectivity index (χ0v) is 21.5. The molecular formula is C32H34O2Si. The molecular weight excluding hydrogens is 444 g/mol. The molecule has 4 aromatic carbocycles. The van der Waals surface area contributed by atoms with Crippen molar-refractivity contribution < 1.29 is 9.53 Å². The summed E-state index contributed by atoms with van der Waals surface area (Å²) in [7, 11) is -2.50. The molecule has 5 rings (SSSR count). The second-order valence-corrected chi connectivity index (χ2v) is 14.3. The minimum atomic E-state index is -2.50. The van der Waals surface area contributed by atoms with Gasteiger partial charge in [0.15, 0.2) is 0 Å². The molecule has 0 bridgehead atoms. The lowest BCUT2D eigenvalue weighted by Crippen LogP contribution is -2.57. The molecule has 4 atom stereocenters. The molecule has 0 aliphatic carbocycles. The Hall–Kier alpha value is -2.98. The predicted molar refractivity (Wildman–Crippen MR) is 146 cm³/mol. The van der Waals surface area contributed by atoms with Crippen LogP contribution in [-0.4, -0.2) is 13.4 Å². The summed E-state index contributed by atoms with van der Waals surface area (Å²) in [6, 6.07) is 41.2. The maximum absolute atomic E-state index is 12.9. The first-order valence-corrected chi connectivity index (χ1v) is 14.7. The van der Waals surface area contributed by atoms with Gasteiger partial charge >= 0.3 is 0 Å². The van der Waals surface area contributed by atoms with Gasteiger partial charge in [0.25, 0.3) is 0 Å². The highest BCUT2D eigenvalue weighted by molar-refractivity contribution is 6.89. The summed E-state index contributed by atoms with van der Waals surface area (Å²) in [6.45, 7) is 4.71. The molecule has 0 aromatic heterocycles. The van der Waals surface area contributed by atoms with Gasteiger partial charge in [-0.25, -0.2) is 0 Å². The molecule has 35 heavy (non-hydrogen) atoms. The van der Waals surface area contributed by atoms with Gasteiger partial charge in [0.2, 0.25) is 8.32 Å². The van der Waals surface area contributed by atoms with Crippen molar-refractivity contribution in [3.8, 4) is 0 Å². The van der Waals surface area contributed by atoms with Gasteiger partial charge in [-0.15, -0.1) is 0 Å². The lowest BCUT2D eigenvalue weighted by molar-refractivity contribution is -0.0429. The molecule has 0 radical (unpaired) electrons. The van der Waals surface area contributed by atoms with Gasteiger partial charge in [0.1, 0.15) is 11.7 Å². The Balaban J connectivity index is 1.75. The van der Waals surface area contributed by atoms with Crippen LogP contribution in [0.3, 0.4) is 0 Å². The van der Waals surface area contributed by atoms with Crippen LogP contribution in [0.15, 0.2) is 121 Å². The van der Waals surface area contributed by atoms with E-state index < -0.39 is 20.0 Å². The molecule has 178 valence electrons. The largest absolute Gasteiger partial charge is 0.401 e. The van der Waals surface area contributed by atoms with Gasteiger partial charge in [-0.3, -0.25) is 0 Å². The molecule has 4 aromatic rings. The minimum Gasteiger partial charge on any atom is -0.401 e. The van der Waals surface area contributed by atoms with E-state index in [-0.39, 0.29) is 0 Å². The lowest BCUT2D eigenvalue weighted by atomic mass is 9.79. The number of hydrogen-bond acceptors (Lipinski definition) is 2. The zero-order valence-electron chi connectivity index (χ0n) is 20.5. The van der Waals surface area contributed by atoms with Crippen LogP contribution in [0.25, 0.3) is 0 Å². The fourth-order valence-electron chi connectivity index (χ4n) is 6.05. The Kier molecular flexibility index (Phi) is 6.75. The average Bonchev–Trinajstić information content (AvgIpc) is 3.22. The van der Waals surface area contributed by atoms with E-state index in [2.05, 4.69) is 56.3 Å². The van der Waals surface area contributed by atoms with Crippen LogP contribution in [0.2, 0.25) is 11.1 Å². The second-order valence-electron chi connectivity index (χ2n) is 9.95. The van der Waals surface area contributed by atoms with E-state index in [1.54, 1.807) is 0 Å². The van der Waals surface area contributed by atoms with Crippen molar-refractivity contribution in [2.75, 3.05) is 0 Å². The van der Waals surface area contributed by atoms with E-state index in [9.17, 15) is 5.11 Å². The van der Waals surface area contributed by atoms with Crippen LogP contribution in [-0.2, 0) is 10.0 Å². The summed E-state index contributed by atoms with van der Waals surface area (Å²) < 4.78 is 7.56. The fourth-order valence-corrected chi connectivity index (χ4v) is 11.4. The van der Waals surface area contributed by atoms with Crippen LogP contribution in [0.1, 0.15) is 49.5 Å². The topological polar surface area (TPSA) is 29.5 Å². The number of rotatable bonds is 7. The molecule has 3 heteroatoms. The summed E-state index contributed by atoms with van der Waals surface area (Å²) in [5.74, 6) is 0. The van der Waals surface area contributed by atoms with Gasteiger partial charge in [-0.2, -0.15) is 0 Å². The zero-order chi connectivity index (χ0) is 24.3. The van der Waals surface area contributed by atoms with Crippen molar-refractivity contribution in [1.29, 1.82) is 0 Å². The first kappa shape index (κ1) is 23.7. The van der Waals surface area contributed by atoms with Crippen LogP contribution < -0.4 is 5.19 Å². The Labute approximate surface area is 210 Å². The third-order valence-electron chi connectivity index (χ3n) is 7.94. The highest BCUT2D eigenvalue weighted by Gasteiger charge is 2.56. The number of benzene rings is 4. The molecule has 1 N–H and O–H groups in total. The highest BCUT2D eigenvalue weighted by Crippen LogP contribution is 2.52. The van der Waals surface area contributed by atoms with E-state index in [4.69, 9.17) is 4.43 Å². The Morgan fingerprint density at radius 3 is 1.51 bits per heavy atom. The van der Waals surface area contributed by atoms with Gasteiger partial charge in [0.05, 0.1) is 0 Å². The third kappa shape index (κ3) is 4.18. The van der Waals surface area contributed by atoms with Gasteiger partial charge in [0, 0.05) is 0 Å². The maximum Gasteiger partial charge on any atom is 0.230 e. The minimum absolute atomic E-state index is 0.446. The van der Waals surface area contributed by atoms with Crippen LogP contribution in [0, 0.1) is 0 Å². The van der Waals surface area contributed by atoms with E-state index in [1.165, 1.54) is 5.19 Å². The predicted octanol–water partition coefficient (Wildman–Crippen LogP) is 7.11. The van der Waals surface area contributed by atoms with Crippen LogP contribution >= 0.6 is 0 Å². The Morgan fingerprint density at radius 2 is 1.06 bits per heavy atom. The monoisotopic (exact) mass is 478 g/mol. The normalized spacial score (nSPS) is 23.2. The molecule has 1 fully saturated rings. The first-order chi connectivity index (χ1) is 17.1. The average molecular weight is 479 g/mol. The van der Waals surface area contributed by atoms with E-state index in [1.807, 2.05) is 78.9 Å². The molecule has 0 saturated carbocycles. The quantitative estimate of drug-likeness (QED) is 0.287. The van der Waals surface area contributed by atoms with Crippen LogP contribution in [0.4, 0.5) is 0 Å². The van der Waals surface area contributed by atoms with Gasteiger partial charge in [-0.05, 0) is 33.0 Å².